The number of cyclic esters (lactones) is 1. The van der Waals surface area contributed by atoms with Gasteiger partial charge in [-0.05, 0) is 72.5 Å². The topological polar surface area (TPSA) is 55.8 Å². The van der Waals surface area contributed by atoms with E-state index < -0.39 is 0 Å². The molecule has 2 aliphatic heterocycles. The van der Waals surface area contributed by atoms with Crippen molar-refractivity contribution in [3.8, 4) is 5.75 Å². The molecule has 5 rings (SSSR count). The second kappa shape index (κ2) is 8.99. The fourth-order valence-electron chi connectivity index (χ4n) is 4.71. The van der Waals surface area contributed by atoms with Gasteiger partial charge >= 0.3 is 5.97 Å². The summed E-state index contributed by atoms with van der Waals surface area (Å²) < 4.78 is 11.3. The summed E-state index contributed by atoms with van der Waals surface area (Å²) in [6.45, 7) is 4.49. The Morgan fingerprint density at radius 1 is 1.00 bits per heavy atom. The Labute approximate surface area is 203 Å². The predicted octanol–water partition coefficient (Wildman–Crippen LogP) is 5.87. The Hall–Kier alpha value is -3.57. The minimum atomic E-state index is -0.358. The molecule has 0 saturated carbocycles. The van der Waals surface area contributed by atoms with Gasteiger partial charge in [0.2, 0.25) is 5.91 Å². The summed E-state index contributed by atoms with van der Waals surface area (Å²) >= 11 is 6.04. The van der Waals surface area contributed by atoms with Crippen LogP contribution in [0.3, 0.4) is 0 Å². The highest BCUT2D eigenvalue weighted by Gasteiger charge is 2.43. The van der Waals surface area contributed by atoms with Crippen molar-refractivity contribution in [2.24, 2.45) is 0 Å². The van der Waals surface area contributed by atoms with Crippen LogP contribution in [0.25, 0.3) is 0 Å². The third-order valence-electron chi connectivity index (χ3n) is 6.16. The lowest BCUT2D eigenvalue weighted by Crippen LogP contribution is -2.37. The Morgan fingerprint density at radius 3 is 2.44 bits per heavy atom. The van der Waals surface area contributed by atoms with Crippen molar-refractivity contribution in [3.63, 3.8) is 0 Å². The first-order valence-electron chi connectivity index (χ1n) is 11.2. The summed E-state index contributed by atoms with van der Waals surface area (Å²) in [5.74, 6) is -0.0518. The van der Waals surface area contributed by atoms with Gasteiger partial charge in [0, 0.05) is 23.0 Å². The van der Waals surface area contributed by atoms with Gasteiger partial charge in [0.15, 0.2) is 0 Å². The molecular formula is C28H24ClNO4. The number of halogens is 1. The molecule has 5 nitrogen and oxygen atoms in total. The lowest BCUT2D eigenvalue weighted by atomic mass is 9.84. The van der Waals surface area contributed by atoms with Gasteiger partial charge in [0.25, 0.3) is 0 Å². The molecule has 1 unspecified atom stereocenters. The SMILES string of the molecule is Cc1cc(C)cc(N2C(=O)CC(c3ccc(OCc4cccc(Cl)c4)cc3)C3=C2COC3=O)c1. The number of hydrogen-bond donors (Lipinski definition) is 0. The van der Waals surface area contributed by atoms with Crippen molar-refractivity contribution in [1.82, 2.24) is 0 Å². The van der Waals surface area contributed by atoms with Crippen molar-refractivity contribution >= 4 is 29.2 Å². The number of carbonyl (C=O) groups is 2. The van der Waals surface area contributed by atoms with E-state index >= 15 is 0 Å². The van der Waals surface area contributed by atoms with Crippen molar-refractivity contribution < 1.29 is 19.1 Å². The van der Waals surface area contributed by atoms with Gasteiger partial charge in [-0.2, -0.15) is 0 Å². The molecule has 0 spiro atoms. The maximum Gasteiger partial charge on any atom is 0.336 e. The van der Waals surface area contributed by atoms with E-state index in [1.54, 1.807) is 4.90 Å². The van der Waals surface area contributed by atoms with E-state index in [0.29, 0.717) is 28.6 Å². The Kier molecular flexibility index (Phi) is 5.88. The van der Waals surface area contributed by atoms with Crippen LogP contribution in [-0.4, -0.2) is 18.5 Å². The zero-order valence-corrected chi connectivity index (χ0v) is 19.8. The van der Waals surface area contributed by atoms with Crippen molar-refractivity contribution in [3.05, 3.63) is 105 Å². The average Bonchev–Trinajstić information content (AvgIpc) is 3.18. The molecule has 0 saturated heterocycles. The largest absolute Gasteiger partial charge is 0.489 e. The van der Waals surface area contributed by atoms with Crippen LogP contribution in [0.5, 0.6) is 5.75 Å². The first-order chi connectivity index (χ1) is 16.4. The summed E-state index contributed by atoms with van der Waals surface area (Å²) in [6.07, 6.45) is 0.198. The van der Waals surface area contributed by atoms with E-state index in [1.807, 2.05) is 74.5 Å². The van der Waals surface area contributed by atoms with Crippen molar-refractivity contribution in [2.45, 2.75) is 32.8 Å². The van der Waals surface area contributed by atoms with E-state index in [4.69, 9.17) is 21.1 Å². The molecular weight excluding hydrogens is 450 g/mol. The van der Waals surface area contributed by atoms with Gasteiger partial charge in [-0.15, -0.1) is 0 Å². The Bertz CT molecular complexity index is 1290. The van der Waals surface area contributed by atoms with Gasteiger partial charge in [-0.1, -0.05) is 41.9 Å². The van der Waals surface area contributed by atoms with Crippen LogP contribution in [0.2, 0.25) is 5.02 Å². The zero-order valence-electron chi connectivity index (χ0n) is 19.0. The molecule has 34 heavy (non-hydrogen) atoms. The lowest BCUT2D eigenvalue weighted by molar-refractivity contribution is -0.136. The molecule has 0 aliphatic carbocycles. The first kappa shape index (κ1) is 22.2. The number of benzene rings is 3. The van der Waals surface area contributed by atoms with E-state index in [9.17, 15) is 9.59 Å². The third kappa shape index (κ3) is 4.31. The molecule has 6 heteroatoms. The minimum absolute atomic E-state index is 0.0478. The molecule has 0 N–H and O–H groups in total. The van der Waals surface area contributed by atoms with Crippen molar-refractivity contribution in [1.29, 1.82) is 0 Å². The Balaban J connectivity index is 1.41. The predicted molar refractivity (Wildman–Crippen MR) is 131 cm³/mol. The number of rotatable bonds is 5. The molecule has 0 bridgehead atoms. The van der Waals surface area contributed by atoms with E-state index in [-0.39, 0.29) is 30.8 Å². The minimum Gasteiger partial charge on any atom is -0.489 e. The monoisotopic (exact) mass is 473 g/mol. The lowest BCUT2D eigenvalue weighted by Gasteiger charge is -2.32. The van der Waals surface area contributed by atoms with Crippen LogP contribution in [0.15, 0.2) is 78.0 Å². The van der Waals surface area contributed by atoms with Crippen LogP contribution in [0, 0.1) is 13.8 Å². The molecule has 0 fully saturated rings. The standard InChI is InChI=1S/C28H24ClNO4/c1-17-10-18(2)12-22(11-17)30-25-16-34-28(32)27(25)24(14-26(30)31)20-6-8-23(9-7-20)33-15-19-4-3-5-21(29)13-19/h3-13,24H,14-16H2,1-2H3. The molecule has 3 aromatic rings. The van der Waals surface area contributed by atoms with Crippen LogP contribution >= 0.6 is 11.6 Å². The summed E-state index contributed by atoms with van der Waals surface area (Å²) in [4.78, 5) is 27.7. The van der Waals surface area contributed by atoms with Gasteiger partial charge in [-0.25, -0.2) is 4.79 Å². The Morgan fingerprint density at radius 2 is 1.74 bits per heavy atom. The van der Waals surface area contributed by atoms with E-state index in [0.717, 1.165) is 27.9 Å². The fourth-order valence-corrected chi connectivity index (χ4v) is 4.92. The number of aryl methyl sites for hydroxylation is 2. The van der Waals surface area contributed by atoms with Crippen LogP contribution in [-0.2, 0) is 20.9 Å². The second-order valence-corrected chi connectivity index (χ2v) is 9.19. The number of esters is 1. The summed E-state index contributed by atoms with van der Waals surface area (Å²) in [7, 11) is 0. The highest BCUT2D eigenvalue weighted by atomic mass is 35.5. The van der Waals surface area contributed by atoms with E-state index in [2.05, 4.69) is 6.07 Å². The van der Waals surface area contributed by atoms with Crippen molar-refractivity contribution in [2.75, 3.05) is 11.5 Å². The number of carbonyl (C=O) groups excluding carboxylic acids is 2. The van der Waals surface area contributed by atoms with Gasteiger partial charge in [0.05, 0.1) is 11.3 Å². The normalized spacial score (nSPS) is 17.6. The maximum atomic E-state index is 13.3. The van der Waals surface area contributed by atoms with Gasteiger partial charge in [0.1, 0.15) is 19.0 Å². The number of nitrogens with zero attached hydrogens (tertiary/aromatic N) is 1. The molecule has 2 heterocycles. The third-order valence-corrected chi connectivity index (χ3v) is 6.39. The number of hydrogen-bond acceptors (Lipinski definition) is 4. The number of amides is 1. The highest BCUT2D eigenvalue weighted by Crippen LogP contribution is 2.42. The van der Waals surface area contributed by atoms with E-state index in [1.165, 1.54) is 0 Å². The summed E-state index contributed by atoms with van der Waals surface area (Å²) in [5.41, 5.74) is 5.95. The zero-order chi connectivity index (χ0) is 23.8. The molecule has 0 aromatic heterocycles. The number of ether oxygens (including phenoxy) is 2. The van der Waals surface area contributed by atoms with Crippen LogP contribution in [0.1, 0.15) is 34.6 Å². The summed E-state index contributed by atoms with van der Waals surface area (Å²) in [6, 6.07) is 21.1. The second-order valence-electron chi connectivity index (χ2n) is 8.76. The smallest absolute Gasteiger partial charge is 0.336 e. The van der Waals surface area contributed by atoms with Gasteiger partial charge in [-0.3, -0.25) is 9.69 Å². The number of anilines is 1. The average molecular weight is 474 g/mol. The highest BCUT2D eigenvalue weighted by molar-refractivity contribution is 6.30. The summed E-state index contributed by atoms with van der Waals surface area (Å²) in [5, 5.41) is 0.667. The maximum absolute atomic E-state index is 13.3. The molecule has 1 amide bonds. The molecule has 2 aliphatic rings. The fraction of sp³-hybridized carbons (Fsp3) is 0.214. The first-order valence-corrected chi connectivity index (χ1v) is 11.6. The quantitative estimate of drug-likeness (QED) is 0.435. The molecule has 172 valence electrons. The molecule has 0 radical (unpaired) electrons. The molecule has 1 atom stereocenters. The van der Waals surface area contributed by atoms with Gasteiger partial charge < -0.3 is 9.47 Å². The molecule has 3 aromatic carbocycles. The van der Waals surface area contributed by atoms with Crippen LogP contribution in [0.4, 0.5) is 5.69 Å². The van der Waals surface area contributed by atoms with Crippen LogP contribution < -0.4 is 9.64 Å².